The number of carbonyl (C=O) groups is 3. The van der Waals surface area contributed by atoms with Crippen LogP contribution in [0.3, 0.4) is 0 Å². The van der Waals surface area contributed by atoms with Gasteiger partial charge in [-0.25, -0.2) is 4.79 Å². The van der Waals surface area contributed by atoms with E-state index in [-0.39, 0.29) is 17.8 Å². The molecule has 0 spiro atoms. The maximum atomic E-state index is 13.6. The zero-order chi connectivity index (χ0) is 22.9. The van der Waals surface area contributed by atoms with Gasteiger partial charge in [0, 0.05) is 22.9 Å². The summed E-state index contributed by atoms with van der Waals surface area (Å²) in [5.41, 5.74) is 4.21. The molecule has 1 heterocycles. The van der Waals surface area contributed by atoms with Crippen molar-refractivity contribution in [2.75, 3.05) is 7.11 Å². The van der Waals surface area contributed by atoms with Crippen LogP contribution in [0.2, 0.25) is 0 Å². The molecule has 0 unspecified atom stereocenters. The third kappa shape index (κ3) is 4.29. The van der Waals surface area contributed by atoms with Gasteiger partial charge in [-0.1, -0.05) is 43.7 Å². The maximum absolute atomic E-state index is 13.6. The summed E-state index contributed by atoms with van der Waals surface area (Å²) in [5, 5.41) is 3.28. The molecule has 6 nitrogen and oxygen atoms in total. The lowest BCUT2D eigenvalue weighted by Gasteiger charge is -2.38. The van der Waals surface area contributed by atoms with E-state index < -0.39 is 23.8 Å². The summed E-state index contributed by atoms with van der Waals surface area (Å²) in [6, 6.07) is 7.77. The van der Waals surface area contributed by atoms with E-state index in [9.17, 15) is 14.4 Å². The fourth-order valence-corrected chi connectivity index (χ4v) is 4.37. The molecule has 31 heavy (non-hydrogen) atoms. The number of ketones is 1. The lowest BCUT2D eigenvalue weighted by molar-refractivity contribution is -0.151. The number of allylic oxidation sites excluding steroid dienone is 3. The smallest absolute Gasteiger partial charge is 0.337 e. The first-order valence-corrected chi connectivity index (χ1v) is 10.8. The Hall–Kier alpha value is -2.89. The van der Waals surface area contributed by atoms with Crippen molar-refractivity contribution in [2.45, 2.75) is 59.5 Å². The molecule has 4 atom stereocenters. The first kappa shape index (κ1) is 22.8. The van der Waals surface area contributed by atoms with Gasteiger partial charge < -0.3 is 14.8 Å². The average molecular weight is 426 g/mol. The molecule has 2 aliphatic rings. The predicted molar refractivity (Wildman–Crippen MR) is 117 cm³/mol. The Morgan fingerprint density at radius 2 is 1.84 bits per heavy atom. The topological polar surface area (TPSA) is 81.7 Å². The fourth-order valence-electron chi connectivity index (χ4n) is 4.37. The Bertz CT molecular complexity index is 957. The summed E-state index contributed by atoms with van der Waals surface area (Å²) in [7, 11) is 1.29. The summed E-state index contributed by atoms with van der Waals surface area (Å²) in [5.74, 6) is -2.96. The summed E-state index contributed by atoms with van der Waals surface area (Å²) >= 11 is 0. The van der Waals surface area contributed by atoms with Crippen LogP contribution in [0.25, 0.3) is 0 Å². The molecule has 0 bridgehead atoms. The quantitative estimate of drug-likeness (QED) is 0.568. The van der Waals surface area contributed by atoms with Crippen LogP contribution in [0, 0.1) is 18.8 Å². The largest absolute Gasteiger partial charge is 0.468 e. The van der Waals surface area contributed by atoms with Gasteiger partial charge in [0.2, 0.25) is 0 Å². The second-order valence-electron chi connectivity index (χ2n) is 8.57. The number of benzene rings is 1. The minimum absolute atomic E-state index is 0.203. The van der Waals surface area contributed by atoms with Gasteiger partial charge in [-0.2, -0.15) is 0 Å². The number of hydrogen-bond acceptors (Lipinski definition) is 6. The van der Waals surface area contributed by atoms with Gasteiger partial charge in [0.1, 0.15) is 5.92 Å². The van der Waals surface area contributed by atoms with Crippen molar-refractivity contribution in [3.05, 3.63) is 57.9 Å². The molecule has 3 rings (SSSR count). The van der Waals surface area contributed by atoms with Gasteiger partial charge >= 0.3 is 11.9 Å². The molecule has 1 aromatic carbocycles. The van der Waals surface area contributed by atoms with Gasteiger partial charge in [0.25, 0.3) is 0 Å². The summed E-state index contributed by atoms with van der Waals surface area (Å²) in [6.45, 7) is 9.48. The third-order valence-corrected chi connectivity index (χ3v) is 6.26. The average Bonchev–Trinajstić information content (AvgIpc) is 2.72. The van der Waals surface area contributed by atoms with Crippen LogP contribution >= 0.6 is 0 Å². The highest BCUT2D eigenvalue weighted by atomic mass is 16.5. The molecule has 0 saturated carbocycles. The van der Waals surface area contributed by atoms with E-state index in [4.69, 9.17) is 9.47 Å². The highest BCUT2D eigenvalue weighted by Crippen LogP contribution is 2.45. The zero-order valence-electron chi connectivity index (χ0n) is 19.1. The molecule has 6 heteroatoms. The number of ether oxygens (including phenoxy) is 2. The van der Waals surface area contributed by atoms with Crippen LogP contribution in [0.4, 0.5) is 0 Å². The van der Waals surface area contributed by atoms with Crippen LogP contribution in [0.1, 0.15) is 57.6 Å². The molecule has 0 saturated heterocycles. The number of hydrogen-bond donors (Lipinski definition) is 1. The molecule has 1 aliphatic carbocycles. The molecule has 1 N–H and O–H groups in total. The Morgan fingerprint density at radius 1 is 1.19 bits per heavy atom. The molecule has 0 aromatic heterocycles. The van der Waals surface area contributed by atoms with Crippen LogP contribution in [-0.2, 0) is 23.9 Å². The standard InChI is InChI=1S/C25H31NO5/c1-7-15(4)31-25(29)20-16(5)26-18-12-14(3)19(24(28)30-6)23(27)22(18)21(20)17-10-8-13(2)9-11-17/h8-11,14-15,19,21,26H,7,12H2,1-6H3/t14-,15-,19-,21+/m1/s1. The molecule has 0 radical (unpaired) electrons. The highest BCUT2D eigenvalue weighted by molar-refractivity contribution is 6.12. The van der Waals surface area contributed by atoms with Gasteiger partial charge in [-0.05, 0) is 45.1 Å². The number of rotatable bonds is 5. The lowest BCUT2D eigenvalue weighted by Crippen LogP contribution is -2.43. The maximum Gasteiger partial charge on any atom is 0.337 e. The van der Waals surface area contributed by atoms with Gasteiger partial charge in [-0.15, -0.1) is 0 Å². The molecule has 1 aliphatic heterocycles. The van der Waals surface area contributed by atoms with E-state index in [1.54, 1.807) is 0 Å². The van der Waals surface area contributed by atoms with Crippen LogP contribution in [0.5, 0.6) is 0 Å². The Labute approximate surface area is 183 Å². The predicted octanol–water partition coefficient (Wildman–Crippen LogP) is 3.95. The van der Waals surface area contributed by atoms with Crippen LogP contribution in [-0.4, -0.2) is 30.9 Å². The number of nitrogens with one attached hydrogen (secondary N) is 1. The number of dihydropyridines is 1. The van der Waals surface area contributed by atoms with Gasteiger partial charge in [-0.3, -0.25) is 9.59 Å². The molecule has 166 valence electrons. The summed E-state index contributed by atoms with van der Waals surface area (Å²) in [6.07, 6.45) is 0.968. The molecule has 0 amide bonds. The van der Waals surface area contributed by atoms with Crippen molar-refractivity contribution in [3.8, 4) is 0 Å². The number of carbonyl (C=O) groups excluding carboxylic acids is 3. The van der Waals surface area contributed by atoms with Crippen molar-refractivity contribution >= 4 is 17.7 Å². The first-order valence-electron chi connectivity index (χ1n) is 10.8. The van der Waals surface area contributed by atoms with E-state index in [2.05, 4.69) is 5.32 Å². The number of esters is 2. The SMILES string of the molecule is CC[C@@H](C)OC(=O)C1=C(C)NC2=C(C(=O)[C@H](C(=O)OC)[C@H](C)C2)[C@H]1c1ccc(C)cc1. The van der Waals surface area contributed by atoms with Gasteiger partial charge in [0.15, 0.2) is 5.78 Å². The molecule has 1 aromatic rings. The number of aryl methyl sites for hydroxylation is 1. The van der Waals surface area contributed by atoms with E-state index >= 15 is 0 Å². The second kappa shape index (κ2) is 9.08. The minimum Gasteiger partial charge on any atom is -0.468 e. The van der Waals surface area contributed by atoms with E-state index in [1.807, 2.05) is 58.9 Å². The second-order valence-corrected chi connectivity index (χ2v) is 8.57. The molecular weight excluding hydrogens is 394 g/mol. The minimum atomic E-state index is -0.885. The van der Waals surface area contributed by atoms with E-state index in [1.165, 1.54) is 7.11 Å². The molecular formula is C25H31NO5. The summed E-state index contributed by atoms with van der Waals surface area (Å²) < 4.78 is 10.6. The zero-order valence-corrected chi connectivity index (χ0v) is 19.1. The van der Waals surface area contributed by atoms with Crippen molar-refractivity contribution in [1.82, 2.24) is 5.32 Å². The lowest BCUT2D eigenvalue weighted by atomic mass is 9.69. The van der Waals surface area contributed by atoms with E-state index in [0.29, 0.717) is 29.7 Å². The molecule has 0 fully saturated rings. The van der Waals surface area contributed by atoms with Crippen molar-refractivity contribution in [1.29, 1.82) is 0 Å². The number of Topliss-reactive ketones (excluding diaryl/α,β-unsaturated/α-hetero) is 1. The van der Waals surface area contributed by atoms with Crippen molar-refractivity contribution < 1.29 is 23.9 Å². The fraction of sp³-hybridized carbons (Fsp3) is 0.480. The van der Waals surface area contributed by atoms with Crippen LogP contribution in [0.15, 0.2) is 46.8 Å². The normalized spacial score (nSPS) is 24.3. The Kier molecular flexibility index (Phi) is 6.68. The monoisotopic (exact) mass is 425 g/mol. The van der Waals surface area contributed by atoms with Crippen LogP contribution < -0.4 is 5.32 Å². The van der Waals surface area contributed by atoms with Crippen molar-refractivity contribution in [3.63, 3.8) is 0 Å². The highest BCUT2D eigenvalue weighted by Gasteiger charge is 2.47. The third-order valence-electron chi connectivity index (χ3n) is 6.26. The summed E-state index contributed by atoms with van der Waals surface area (Å²) in [4.78, 5) is 39.2. The Balaban J connectivity index is 2.15. The van der Waals surface area contributed by atoms with Gasteiger partial charge in [0.05, 0.1) is 18.8 Å². The van der Waals surface area contributed by atoms with Crippen molar-refractivity contribution in [2.24, 2.45) is 11.8 Å². The first-order chi connectivity index (χ1) is 14.7. The number of methoxy groups -OCH3 is 1. The Morgan fingerprint density at radius 3 is 2.42 bits per heavy atom. The van der Waals surface area contributed by atoms with E-state index in [0.717, 1.165) is 16.8 Å².